The molecule has 1 heterocycles. The molecule has 0 atom stereocenters. The van der Waals surface area contributed by atoms with Crippen LogP contribution in [0.4, 0.5) is 5.69 Å². The summed E-state index contributed by atoms with van der Waals surface area (Å²) >= 11 is 3.39. The van der Waals surface area contributed by atoms with E-state index in [9.17, 15) is 4.79 Å². The second-order valence-corrected chi connectivity index (χ2v) is 5.98. The van der Waals surface area contributed by atoms with E-state index < -0.39 is 0 Å². The first-order chi connectivity index (χ1) is 10.0. The van der Waals surface area contributed by atoms with Crippen molar-refractivity contribution in [3.63, 3.8) is 0 Å². The molecule has 0 aliphatic carbocycles. The molecule has 0 spiro atoms. The number of rotatable bonds is 2. The second-order valence-electron chi connectivity index (χ2n) is 5.07. The highest BCUT2D eigenvalue weighted by Gasteiger charge is 2.13. The number of fused-ring (bicyclic) bond motifs is 1. The molecule has 0 unspecified atom stereocenters. The number of anilines is 1. The molecule has 0 aliphatic rings. The molecule has 0 radical (unpaired) electrons. The maximum atomic E-state index is 12.3. The number of halogens is 1. The Hall–Kier alpha value is -2.07. The van der Waals surface area contributed by atoms with Gasteiger partial charge in [-0.3, -0.25) is 4.79 Å². The zero-order valence-electron chi connectivity index (χ0n) is 11.7. The van der Waals surface area contributed by atoms with Crippen molar-refractivity contribution < 1.29 is 9.21 Å². The maximum Gasteiger partial charge on any atom is 0.291 e. The van der Waals surface area contributed by atoms with Crippen molar-refractivity contribution in [2.45, 2.75) is 13.8 Å². The Labute approximate surface area is 131 Å². The summed E-state index contributed by atoms with van der Waals surface area (Å²) in [5, 5.41) is 3.81. The number of amides is 1. The fraction of sp³-hybridized carbons (Fsp3) is 0.118. The molecule has 1 N–H and O–H groups in total. The Balaban J connectivity index is 1.91. The first-order valence-electron chi connectivity index (χ1n) is 6.60. The van der Waals surface area contributed by atoms with Crippen molar-refractivity contribution in [2.75, 3.05) is 5.32 Å². The number of furan rings is 1. The van der Waals surface area contributed by atoms with E-state index in [0.29, 0.717) is 11.3 Å². The largest absolute Gasteiger partial charge is 0.451 e. The van der Waals surface area contributed by atoms with Gasteiger partial charge in [-0.1, -0.05) is 28.1 Å². The monoisotopic (exact) mass is 343 g/mol. The van der Waals surface area contributed by atoms with Crippen LogP contribution in [0.25, 0.3) is 11.0 Å². The molecule has 0 bridgehead atoms. The van der Waals surface area contributed by atoms with Gasteiger partial charge in [0.2, 0.25) is 0 Å². The van der Waals surface area contributed by atoms with Crippen LogP contribution in [0.15, 0.2) is 51.4 Å². The van der Waals surface area contributed by atoms with Gasteiger partial charge in [0.1, 0.15) is 5.58 Å². The Morgan fingerprint density at radius 1 is 1.10 bits per heavy atom. The van der Waals surface area contributed by atoms with E-state index in [4.69, 9.17) is 4.42 Å². The molecular formula is C17H14BrNO2. The number of hydrogen-bond donors (Lipinski definition) is 1. The van der Waals surface area contributed by atoms with E-state index in [1.54, 1.807) is 6.07 Å². The van der Waals surface area contributed by atoms with Crippen LogP contribution < -0.4 is 5.32 Å². The van der Waals surface area contributed by atoms with Crippen LogP contribution in [0, 0.1) is 13.8 Å². The van der Waals surface area contributed by atoms with E-state index in [1.165, 1.54) is 0 Å². The first-order valence-corrected chi connectivity index (χ1v) is 7.40. The van der Waals surface area contributed by atoms with Crippen LogP contribution in [0.5, 0.6) is 0 Å². The molecule has 0 saturated carbocycles. The molecular weight excluding hydrogens is 330 g/mol. The lowest BCUT2D eigenvalue weighted by Crippen LogP contribution is -2.11. The van der Waals surface area contributed by atoms with Crippen LogP contribution in [-0.4, -0.2) is 5.91 Å². The molecule has 1 aromatic heterocycles. The Bertz CT molecular complexity index is 836. The third-order valence-corrected chi connectivity index (χ3v) is 3.84. The van der Waals surface area contributed by atoms with E-state index in [1.807, 2.05) is 50.2 Å². The molecule has 3 nitrogen and oxygen atoms in total. The van der Waals surface area contributed by atoms with Gasteiger partial charge in [-0.25, -0.2) is 0 Å². The highest BCUT2D eigenvalue weighted by Crippen LogP contribution is 2.24. The maximum absolute atomic E-state index is 12.3. The van der Waals surface area contributed by atoms with Gasteiger partial charge in [0.25, 0.3) is 5.91 Å². The lowest BCUT2D eigenvalue weighted by molar-refractivity contribution is 0.0998. The quantitative estimate of drug-likeness (QED) is 0.706. The van der Waals surface area contributed by atoms with E-state index in [0.717, 1.165) is 26.7 Å². The summed E-state index contributed by atoms with van der Waals surface area (Å²) < 4.78 is 6.53. The molecule has 0 aliphatic heterocycles. The van der Waals surface area contributed by atoms with Gasteiger partial charge in [0, 0.05) is 15.5 Å². The highest BCUT2D eigenvalue weighted by molar-refractivity contribution is 9.10. The average Bonchev–Trinajstić information content (AvgIpc) is 2.86. The normalized spacial score (nSPS) is 10.8. The van der Waals surface area contributed by atoms with Gasteiger partial charge >= 0.3 is 0 Å². The van der Waals surface area contributed by atoms with Crippen molar-refractivity contribution in [1.29, 1.82) is 0 Å². The molecule has 0 fully saturated rings. The van der Waals surface area contributed by atoms with Gasteiger partial charge in [0.05, 0.1) is 0 Å². The standard InChI is InChI=1S/C17H14BrNO2/c1-10-3-4-11(2)14(7-10)19-17(20)16-8-12-5-6-13(18)9-15(12)21-16/h3-9H,1-2H3,(H,19,20). The minimum Gasteiger partial charge on any atom is -0.451 e. The molecule has 1 amide bonds. The second kappa shape index (κ2) is 5.37. The number of carbonyl (C=O) groups is 1. The number of carbonyl (C=O) groups excluding carboxylic acids is 1. The van der Waals surface area contributed by atoms with Gasteiger partial charge in [-0.15, -0.1) is 0 Å². The molecule has 0 saturated heterocycles. The average molecular weight is 344 g/mol. The number of hydrogen-bond acceptors (Lipinski definition) is 2. The van der Waals surface area contributed by atoms with Crippen LogP contribution in [0.2, 0.25) is 0 Å². The van der Waals surface area contributed by atoms with Gasteiger partial charge in [-0.05, 0) is 55.3 Å². The fourth-order valence-electron chi connectivity index (χ4n) is 2.17. The fourth-order valence-corrected chi connectivity index (χ4v) is 2.51. The topological polar surface area (TPSA) is 42.2 Å². The van der Waals surface area contributed by atoms with Crippen molar-refractivity contribution in [1.82, 2.24) is 0 Å². The van der Waals surface area contributed by atoms with Crippen molar-refractivity contribution in [2.24, 2.45) is 0 Å². The minimum atomic E-state index is -0.240. The Kier molecular flexibility index (Phi) is 3.55. The molecule has 21 heavy (non-hydrogen) atoms. The van der Waals surface area contributed by atoms with Gasteiger partial charge in [0.15, 0.2) is 5.76 Å². The molecule has 2 aromatic carbocycles. The Morgan fingerprint density at radius 3 is 2.71 bits per heavy atom. The summed E-state index contributed by atoms with van der Waals surface area (Å²) in [4.78, 5) is 12.3. The van der Waals surface area contributed by atoms with Crippen molar-refractivity contribution >= 4 is 38.5 Å². The van der Waals surface area contributed by atoms with Crippen LogP contribution in [-0.2, 0) is 0 Å². The van der Waals surface area contributed by atoms with Crippen LogP contribution in [0.3, 0.4) is 0 Å². The van der Waals surface area contributed by atoms with Crippen LogP contribution in [0.1, 0.15) is 21.7 Å². The van der Waals surface area contributed by atoms with Gasteiger partial charge < -0.3 is 9.73 Å². The zero-order chi connectivity index (χ0) is 15.0. The van der Waals surface area contributed by atoms with E-state index in [2.05, 4.69) is 21.2 Å². The number of aryl methyl sites for hydroxylation is 2. The number of benzene rings is 2. The Morgan fingerprint density at radius 2 is 1.90 bits per heavy atom. The minimum absolute atomic E-state index is 0.240. The predicted octanol–water partition coefficient (Wildman–Crippen LogP) is 5.06. The third kappa shape index (κ3) is 2.85. The summed E-state index contributed by atoms with van der Waals surface area (Å²) in [5.74, 6) is 0.0695. The SMILES string of the molecule is Cc1ccc(C)c(NC(=O)c2cc3ccc(Br)cc3o2)c1. The van der Waals surface area contributed by atoms with Crippen molar-refractivity contribution in [3.8, 4) is 0 Å². The predicted molar refractivity (Wildman–Crippen MR) is 87.8 cm³/mol. The summed E-state index contributed by atoms with van der Waals surface area (Å²) in [6.45, 7) is 3.96. The molecule has 3 aromatic rings. The van der Waals surface area contributed by atoms with E-state index in [-0.39, 0.29) is 5.91 Å². The lowest BCUT2D eigenvalue weighted by Gasteiger charge is -2.07. The van der Waals surface area contributed by atoms with Crippen molar-refractivity contribution in [3.05, 3.63) is 63.8 Å². The first kappa shape index (κ1) is 13.9. The zero-order valence-corrected chi connectivity index (χ0v) is 13.3. The summed E-state index contributed by atoms with van der Waals surface area (Å²) in [6.07, 6.45) is 0. The highest BCUT2D eigenvalue weighted by atomic mass is 79.9. The smallest absolute Gasteiger partial charge is 0.291 e. The molecule has 106 valence electrons. The van der Waals surface area contributed by atoms with Gasteiger partial charge in [-0.2, -0.15) is 0 Å². The number of nitrogens with one attached hydrogen (secondary N) is 1. The summed E-state index contributed by atoms with van der Waals surface area (Å²) in [5.41, 5.74) is 3.62. The lowest BCUT2D eigenvalue weighted by atomic mass is 10.1. The summed E-state index contributed by atoms with van der Waals surface area (Å²) in [6, 6.07) is 13.4. The molecule has 4 heteroatoms. The van der Waals surface area contributed by atoms with E-state index >= 15 is 0 Å². The third-order valence-electron chi connectivity index (χ3n) is 3.35. The molecule has 3 rings (SSSR count). The summed E-state index contributed by atoms with van der Waals surface area (Å²) in [7, 11) is 0. The van der Waals surface area contributed by atoms with Crippen LogP contribution >= 0.6 is 15.9 Å².